The van der Waals surface area contributed by atoms with Crippen LogP contribution in [-0.4, -0.2) is 17.9 Å². The maximum atomic E-state index is 12.1. The molecule has 4 unspecified atom stereocenters. The van der Waals surface area contributed by atoms with Gasteiger partial charge in [0.05, 0.1) is 10.7 Å². The molecule has 2 aliphatic rings. The molecule has 0 aliphatic heterocycles. The zero-order chi connectivity index (χ0) is 16.6. The number of nitrogens with one attached hydrogen (secondary N) is 2. The van der Waals surface area contributed by atoms with Gasteiger partial charge in [-0.2, -0.15) is 0 Å². The van der Waals surface area contributed by atoms with Crippen molar-refractivity contribution in [2.45, 2.75) is 38.6 Å². The lowest BCUT2D eigenvalue weighted by molar-refractivity contribution is -0.136. The number of fused-ring (bicyclic) bond motifs is 2. The van der Waals surface area contributed by atoms with E-state index < -0.39 is 11.8 Å². The van der Waals surface area contributed by atoms with E-state index in [2.05, 4.69) is 10.6 Å². The molecule has 4 N–H and O–H groups in total. The third kappa shape index (κ3) is 3.44. The predicted molar refractivity (Wildman–Crippen MR) is 91.0 cm³/mol. The number of hydrogen-bond acceptors (Lipinski definition) is 3. The molecule has 0 saturated heterocycles. The number of benzene rings is 1. The van der Waals surface area contributed by atoms with Gasteiger partial charge in [-0.3, -0.25) is 9.59 Å². The number of amides is 2. The Bertz CT molecular complexity index is 634. The highest BCUT2D eigenvalue weighted by Crippen LogP contribution is 2.49. The first-order valence-corrected chi connectivity index (χ1v) is 8.48. The predicted octanol–water partition coefficient (Wildman–Crippen LogP) is 2.80. The van der Waals surface area contributed by atoms with Crippen molar-refractivity contribution in [3.8, 4) is 0 Å². The summed E-state index contributed by atoms with van der Waals surface area (Å²) in [4.78, 5) is 24.2. The van der Waals surface area contributed by atoms with Crippen LogP contribution in [0.4, 0.5) is 11.4 Å². The summed E-state index contributed by atoms with van der Waals surface area (Å²) in [7, 11) is 0. The van der Waals surface area contributed by atoms with Gasteiger partial charge < -0.3 is 16.4 Å². The molecule has 23 heavy (non-hydrogen) atoms. The second-order valence-electron chi connectivity index (χ2n) is 6.79. The first kappa shape index (κ1) is 16.1. The first-order chi connectivity index (χ1) is 10.9. The van der Waals surface area contributed by atoms with Crippen LogP contribution in [0.15, 0.2) is 18.2 Å². The molecule has 6 heteroatoms. The SMILES string of the molecule is CC(NC(=O)C(=O)Nc1ccc(N)cc1Cl)C1CC2CCC1C2. The normalized spacial score (nSPS) is 26.8. The second kappa shape index (κ2) is 6.40. The van der Waals surface area contributed by atoms with E-state index in [4.69, 9.17) is 17.3 Å². The Labute approximate surface area is 141 Å². The minimum absolute atomic E-state index is 0.0189. The van der Waals surface area contributed by atoms with Crippen molar-refractivity contribution in [1.29, 1.82) is 0 Å². The van der Waals surface area contributed by atoms with Crippen LogP contribution < -0.4 is 16.4 Å². The molecule has 5 nitrogen and oxygen atoms in total. The summed E-state index contributed by atoms with van der Waals surface area (Å²) in [5.74, 6) is 0.683. The lowest BCUT2D eigenvalue weighted by atomic mass is 9.84. The molecular weight excluding hydrogens is 314 g/mol. The van der Waals surface area contributed by atoms with Crippen LogP contribution in [0.1, 0.15) is 32.6 Å². The maximum absolute atomic E-state index is 12.1. The fourth-order valence-electron chi connectivity index (χ4n) is 4.10. The number of carbonyl (C=O) groups excluding carboxylic acids is 2. The summed E-state index contributed by atoms with van der Waals surface area (Å²) >= 11 is 6.00. The van der Waals surface area contributed by atoms with Crippen LogP contribution in [0, 0.1) is 17.8 Å². The number of carbonyl (C=O) groups is 2. The molecule has 124 valence electrons. The first-order valence-electron chi connectivity index (χ1n) is 8.11. The third-order valence-electron chi connectivity index (χ3n) is 5.24. The highest BCUT2D eigenvalue weighted by atomic mass is 35.5. The van der Waals surface area contributed by atoms with E-state index >= 15 is 0 Å². The van der Waals surface area contributed by atoms with Gasteiger partial charge in [-0.15, -0.1) is 0 Å². The number of rotatable bonds is 3. The molecule has 2 aliphatic carbocycles. The van der Waals surface area contributed by atoms with Crippen LogP contribution in [0.2, 0.25) is 5.02 Å². The summed E-state index contributed by atoms with van der Waals surface area (Å²) in [5, 5.41) is 5.68. The average Bonchev–Trinajstić information content (AvgIpc) is 3.12. The van der Waals surface area contributed by atoms with E-state index in [9.17, 15) is 9.59 Å². The van der Waals surface area contributed by atoms with Crippen molar-refractivity contribution < 1.29 is 9.59 Å². The largest absolute Gasteiger partial charge is 0.399 e. The monoisotopic (exact) mass is 335 g/mol. The molecule has 3 rings (SSSR count). The molecular formula is C17H22ClN3O2. The van der Waals surface area contributed by atoms with Crippen molar-refractivity contribution >= 4 is 34.8 Å². The van der Waals surface area contributed by atoms with E-state index in [-0.39, 0.29) is 6.04 Å². The van der Waals surface area contributed by atoms with Gasteiger partial charge in [0.1, 0.15) is 0 Å². The van der Waals surface area contributed by atoms with Crippen LogP contribution in [0.5, 0.6) is 0 Å². The lowest BCUT2D eigenvalue weighted by Gasteiger charge is -2.28. The number of halogens is 1. The van der Waals surface area contributed by atoms with Gasteiger partial charge in [-0.25, -0.2) is 0 Å². The van der Waals surface area contributed by atoms with Crippen molar-refractivity contribution in [1.82, 2.24) is 5.32 Å². The Kier molecular flexibility index (Phi) is 4.48. The summed E-state index contributed by atoms with van der Waals surface area (Å²) < 4.78 is 0. The molecule has 2 fully saturated rings. The van der Waals surface area contributed by atoms with Gasteiger partial charge in [0.25, 0.3) is 0 Å². The minimum Gasteiger partial charge on any atom is -0.399 e. The molecule has 4 atom stereocenters. The fourth-order valence-corrected chi connectivity index (χ4v) is 4.33. The molecule has 0 heterocycles. The maximum Gasteiger partial charge on any atom is 0.313 e. The molecule has 0 radical (unpaired) electrons. The average molecular weight is 336 g/mol. The van der Waals surface area contributed by atoms with Crippen LogP contribution in [0.3, 0.4) is 0 Å². The topological polar surface area (TPSA) is 84.2 Å². The highest BCUT2D eigenvalue weighted by Gasteiger charge is 2.42. The minimum atomic E-state index is -0.702. The Morgan fingerprint density at radius 2 is 2.04 bits per heavy atom. The molecule has 0 aromatic heterocycles. The van der Waals surface area contributed by atoms with Gasteiger partial charge in [0, 0.05) is 11.7 Å². The number of nitrogens with two attached hydrogens (primary N) is 1. The quantitative estimate of drug-likeness (QED) is 0.586. The van der Waals surface area contributed by atoms with Crippen LogP contribution >= 0.6 is 11.6 Å². The van der Waals surface area contributed by atoms with Crippen LogP contribution in [-0.2, 0) is 9.59 Å². The van der Waals surface area contributed by atoms with E-state index in [1.807, 2.05) is 6.92 Å². The molecule has 2 saturated carbocycles. The number of hydrogen-bond donors (Lipinski definition) is 3. The summed E-state index contributed by atoms with van der Waals surface area (Å²) in [6.07, 6.45) is 5.01. The molecule has 1 aromatic carbocycles. The van der Waals surface area contributed by atoms with Gasteiger partial charge in [-0.05, 0) is 62.1 Å². The molecule has 1 aromatic rings. The zero-order valence-corrected chi connectivity index (χ0v) is 13.9. The highest BCUT2D eigenvalue weighted by molar-refractivity contribution is 6.41. The summed E-state index contributed by atoms with van der Waals surface area (Å²) in [6.45, 7) is 1.99. The van der Waals surface area contributed by atoms with Gasteiger partial charge >= 0.3 is 11.8 Å². The van der Waals surface area contributed by atoms with Crippen molar-refractivity contribution in [2.24, 2.45) is 17.8 Å². The van der Waals surface area contributed by atoms with E-state index in [0.29, 0.717) is 28.2 Å². The molecule has 2 bridgehead atoms. The van der Waals surface area contributed by atoms with E-state index in [0.717, 1.165) is 12.3 Å². The standard InChI is InChI=1S/C17H22ClN3O2/c1-9(13-7-10-2-3-11(13)6-10)20-16(22)17(23)21-15-5-4-12(19)8-14(15)18/h4-5,8-11,13H,2-3,6-7,19H2,1H3,(H,20,22)(H,21,23). The smallest absolute Gasteiger partial charge is 0.313 e. The lowest BCUT2D eigenvalue weighted by Crippen LogP contribution is -2.45. The fraction of sp³-hybridized carbons (Fsp3) is 0.529. The zero-order valence-electron chi connectivity index (χ0n) is 13.1. The Morgan fingerprint density at radius 3 is 2.65 bits per heavy atom. The van der Waals surface area contributed by atoms with Crippen LogP contribution in [0.25, 0.3) is 0 Å². The Balaban J connectivity index is 1.56. The number of anilines is 2. The summed E-state index contributed by atoms with van der Waals surface area (Å²) in [6, 6.07) is 4.76. The van der Waals surface area contributed by atoms with E-state index in [1.54, 1.807) is 12.1 Å². The third-order valence-corrected chi connectivity index (χ3v) is 5.55. The Morgan fingerprint density at radius 1 is 1.26 bits per heavy atom. The second-order valence-corrected chi connectivity index (χ2v) is 7.20. The van der Waals surface area contributed by atoms with Gasteiger partial charge in [0.2, 0.25) is 0 Å². The molecule has 2 amide bonds. The van der Waals surface area contributed by atoms with Gasteiger partial charge in [-0.1, -0.05) is 18.0 Å². The van der Waals surface area contributed by atoms with E-state index in [1.165, 1.54) is 25.3 Å². The van der Waals surface area contributed by atoms with Crippen molar-refractivity contribution in [3.05, 3.63) is 23.2 Å². The number of nitrogen functional groups attached to an aromatic ring is 1. The molecule has 0 spiro atoms. The van der Waals surface area contributed by atoms with Crippen molar-refractivity contribution in [3.63, 3.8) is 0 Å². The van der Waals surface area contributed by atoms with Crippen molar-refractivity contribution in [2.75, 3.05) is 11.1 Å². The van der Waals surface area contributed by atoms with Gasteiger partial charge in [0.15, 0.2) is 0 Å². The Hall–Kier alpha value is -1.75. The summed E-state index contributed by atoms with van der Waals surface area (Å²) in [5.41, 5.74) is 6.49.